The Morgan fingerprint density at radius 3 is 2.25 bits per heavy atom. The molecule has 0 bridgehead atoms. The van der Waals surface area contributed by atoms with Crippen LogP contribution in [0.1, 0.15) is 66.1 Å². The highest BCUT2D eigenvalue weighted by Gasteiger charge is 2.68. The van der Waals surface area contributed by atoms with Crippen LogP contribution in [0.3, 0.4) is 0 Å². The molecule has 3 atom stereocenters. The van der Waals surface area contributed by atoms with E-state index < -0.39 is 126 Å². The van der Waals surface area contributed by atoms with E-state index in [2.05, 4.69) is 38.9 Å². The van der Waals surface area contributed by atoms with Crippen molar-refractivity contribution >= 4 is 54.1 Å². The van der Waals surface area contributed by atoms with E-state index in [1.54, 1.807) is 0 Å². The summed E-state index contributed by atoms with van der Waals surface area (Å²) in [5.41, 5.74) is -3.83. The maximum atomic E-state index is 15.7. The first-order chi connectivity index (χ1) is 29.9. The molecule has 0 saturated heterocycles. The Hall–Kier alpha value is -5.60. The Balaban J connectivity index is 1.45. The second kappa shape index (κ2) is 16.1. The van der Waals surface area contributed by atoms with Gasteiger partial charge in [0.25, 0.3) is 5.92 Å². The van der Waals surface area contributed by atoms with Gasteiger partial charge in [-0.25, -0.2) is 30.6 Å². The lowest BCUT2D eigenvalue weighted by molar-refractivity contribution is -0.141. The number of pyridine rings is 1. The minimum Gasteiger partial charge on any atom is -0.346 e. The molecule has 24 heteroatoms. The molecule has 346 valence electrons. The molecule has 2 aliphatic carbocycles. The Morgan fingerprint density at radius 1 is 1.00 bits per heavy atom. The third-order valence-electron chi connectivity index (χ3n) is 10.9. The lowest BCUT2D eigenvalue weighted by Crippen LogP contribution is -2.35. The first kappa shape index (κ1) is 47.4. The number of hydrogen-bond acceptors (Lipinski definition) is 8. The lowest BCUT2D eigenvalue weighted by Gasteiger charge is -2.23. The first-order valence-corrected chi connectivity index (χ1v) is 23.3. The average molecular weight is 976 g/mol. The van der Waals surface area contributed by atoms with Crippen LogP contribution in [0.25, 0.3) is 22.0 Å². The van der Waals surface area contributed by atoms with Crippen molar-refractivity contribution in [1.82, 2.24) is 29.9 Å². The van der Waals surface area contributed by atoms with Gasteiger partial charge < -0.3 is 5.32 Å². The van der Waals surface area contributed by atoms with E-state index in [1.165, 1.54) is 38.1 Å². The van der Waals surface area contributed by atoms with Crippen molar-refractivity contribution in [2.24, 2.45) is 5.92 Å². The Bertz CT molecular complexity index is 3090. The smallest absolute Gasteiger partial charge is 0.346 e. The molecular formula is C41H35ClF9N7O5S2. The molecule has 2 aromatic carbocycles. The number of sulfonamides is 1. The van der Waals surface area contributed by atoms with Gasteiger partial charge in [0.05, 0.1) is 33.9 Å². The van der Waals surface area contributed by atoms with E-state index in [0.29, 0.717) is 21.7 Å². The number of nitrogens with zero attached hydrogens (tertiary/aromatic N) is 5. The van der Waals surface area contributed by atoms with Crippen molar-refractivity contribution in [2.45, 2.75) is 74.5 Å². The highest BCUT2D eigenvalue weighted by Crippen LogP contribution is 2.68. The van der Waals surface area contributed by atoms with Gasteiger partial charge in [-0.1, -0.05) is 30.2 Å². The molecule has 0 aliphatic heterocycles. The number of carbonyl (C=O) groups excluding carboxylic acids is 1. The maximum absolute atomic E-state index is 15.7. The van der Waals surface area contributed by atoms with E-state index >= 15 is 17.6 Å². The van der Waals surface area contributed by atoms with Crippen LogP contribution in [0.15, 0.2) is 55.1 Å². The minimum absolute atomic E-state index is 0.106. The summed E-state index contributed by atoms with van der Waals surface area (Å²) in [5.74, 6) is -8.61. The first-order valence-electron chi connectivity index (χ1n) is 19.1. The highest BCUT2D eigenvalue weighted by atomic mass is 35.5. The van der Waals surface area contributed by atoms with Gasteiger partial charge in [-0.2, -0.15) is 40.9 Å². The molecule has 2 N–H and O–H groups in total. The predicted octanol–water partition coefficient (Wildman–Crippen LogP) is 7.92. The standard InChI is InChI=1S/C41H35ClF9N7O5S2/c1-6-39(45,46)35-31-26-17-27(26)41(50,51)36(31)57(54-35)18-30(59)53-29(15-20-13-21(43)16-22(44)14-20)33-24(8-7-23(52-33)11-12-38(2,3)64(4,60)61)25-9-10-28(42)32-34(25)58(19-40(47,48)49)55-37(32)56-65(5,62)63/h6-10,13-14,16,26-27,29H,1,15,17-19H2,2-5H3,(H,53,59)(H,55,56)/t26-,27+,29-/m0/s1. The van der Waals surface area contributed by atoms with Crippen LogP contribution in [0.5, 0.6) is 0 Å². The number of anilines is 1. The lowest BCUT2D eigenvalue weighted by atomic mass is 9.93. The minimum atomic E-state index is -4.97. The summed E-state index contributed by atoms with van der Waals surface area (Å²) in [6.45, 7) is 2.73. The van der Waals surface area contributed by atoms with Gasteiger partial charge in [0.15, 0.2) is 15.7 Å². The van der Waals surface area contributed by atoms with Crippen LogP contribution < -0.4 is 10.0 Å². The Kier molecular flexibility index (Phi) is 11.7. The fourth-order valence-corrected chi connectivity index (χ4v) is 8.63. The number of amides is 1. The second-order valence-corrected chi connectivity index (χ2v) is 21.0. The number of hydrogen-bond donors (Lipinski definition) is 2. The van der Waals surface area contributed by atoms with Crippen LogP contribution in [0, 0.1) is 29.4 Å². The topological polar surface area (TPSA) is 158 Å². The monoisotopic (exact) mass is 975 g/mol. The molecular weight excluding hydrogens is 941 g/mol. The van der Waals surface area contributed by atoms with Crippen molar-refractivity contribution in [3.63, 3.8) is 0 Å². The molecule has 1 fully saturated rings. The zero-order chi connectivity index (χ0) is 48.0. The molecule has 1 amide bonds. The summed E-state index contributed by atoms with van der Waals surface area (Å²) in [7, 11) is -8.03. The largest absolute Gasteiger partial charge is 0.408 e. The number of allylic oxidation sites excluding steroid dienone is 1. The molecule has 12 nitrogen and oxygen atoms in total. The zero-order valence-corrected chi connectivity index (χ0v) is 36.6. The SMILES string of the molecule is C=CC(F)(F)c1nn(CC(=O)N[C@@H](Cc2cc(F)cc(F)c2)c2nc(C#CC(C)(C)S(C)(=O)=O)ccc2-c2ccc(Cl)c3c(NS(C)(=O)=O)nn(CC(F)(F)F)c23)c2c1[C@H]1C[C@H]1C2(F)F. The van der Waals surface area contributed by atoms with Gasteiger partial charge in [0.2, 0.25) is 15.9 Å². The third kappa shape index (κ3) is 9.42. The zero-order valence-electron chi connectivity index (χ0n) is 34.3. The Morgan fingerprint density at radius 2 is 1.65 bits per heavy atom. The van der Waals surface area contributed by atoms with E-state index in [0.717, 1.165) is 18.4 Å². The number of sulfone groups is 1. The van der Waals surface area contributed by atoms with Gasteiger partial charge in [-0.3, -0.25) is 18.9 Å². The second-order valence-electron chi connectivity index (χ2n) is 16.2. The number of nitrogens with one attached hydrogen (secondary N) is 2. The summed E-state index contributed by atoms with van der Waals surface area (Å²) in [6, 6.07) is 5.52. The number of halogens is 10. The molecule has 1 saturated carbocycles. The van der Waals surface area contributed by atoms with Crippen molar-refractivity contribution in [3.05, 3.63) is 106 Å². The summed E-state index contributed by atoms with van der Waals surface area (Å²) in [5, 5.41) is 9.55. The molecule has 2 aliphatic rings. The highest BCUT2D eigenvalue weighted by molar-refractivity contribution is 7.92. The fraction of sp³-hybridized carbons (Fsp3) is 0.366. The van der Waals surface area contributed by atoms with Crippen LogP contribution in [-0.2, 0) is 56.0 Å². The van der Waals surface area contributed by atoms with Crippen molar-refractivity contribution in [2.75, 3.05) is 17.2 Å². The molecule has 7 rings (SSSR count). The normalized spacial score (nSPS) is 17.5. The van der Waals surface area contributed by atoms with Crippen LogP contribution in [0.2, 0.25) is 5.02 Å². The van der Waals surface area contributed by atoms with E-state index in [1.807, 2.05) is 4.72 Å². The molecule has 5 aromatic rings. The van der Waals surface area contributed by atoms with Gasteiger partial charge in [-0.15, -0.1) is 0 Å². The summed E-state index contributed by atoms with van der Waals surface area (Å²) < 4.78 is 184. The molecule has 0 radical (unpaired) electrons. The van der Waals surface area contributed by atoms with E-state index in [-0.39, 0.29) is 51.0 Å². The molecule has 0 unspecified atom stereocenters. The van der Waals surface area contributed by atoms with Gasteiger partial charge in [0.1, 0.15) is 46.6 Å². The van der Waals surface area contributed by atoms with Gasteiger partial charge in [0, 0.05) is 34.9 Å². The summed E-state index contributed by atoms with van der Waals surface area (Å²) in [6.07, 6.45) is -3.82. The maximum Gasteiger partial charge on any atom is 0.408 e. The molecule has 65 heavy (non-hydrogen) atoms. The summed E-state index contributed by atoms with van der Waals surface area (Å²) >= 11 is 6.48. The van der Waals surface area contributed by atoms with Gasteiger partial charge in [-0.05, 0) is 80.5 Å². The third-order valence-corrected chi connectivity index (χ3v) is 13.7. The molecule has 0 spiro atoms. The van der Waals surface area contributed by atoms with E-state index in [4.69, 9.17) is 11.6 Å². The van der Waals surface area contributed by atoms with Gasteiger partial charge >= 0.3 is 12.1 Å². The number of benzene rings is 2. The predicted molar refractivity (Wildman–Crippen MR) is 220 cm³/mol. The number of rotatable bonds is 13. The average Bonchev–Trinajstić information content (AvgIpc) is 3.69. The molecule has 3 aromatic heterocycles. The quantitative estimate of drug-likeness (QED) is 0.0685. The van der Waals surface area contributed by atoms with Crippen molar-refractivity contribution < 1.29 is 61.1 Å². The number of carbonyl (C=O) groups is 1. The summed E-state index contributed by atoms with van der Waals surface area (Å²) in [4.78, 5) is 18.7. The Labute approximate surface area is 370 Å². The fourth-order valence-electron chi connectivity index (χ4n) is 7.66. The van der Waals surface area contributed by atoms with E-state index in [9.17, 15) is 43.6 Å². The molecule has 3 heterocycles. The van der Waals surface area contributed by atoms with Crippen molar-refractivity contribution in [3.8, 4) is 23.0 Å². The van der Waals surface area contributed by atoms with Crippen LogP contribution in [-0.4, -0.2) is 70.7 Å². The van der Waals surface area contributed by atoms with Crippen LogP contribution in [0.4, 0.5) is 45.3 Å². The number of alkyl halides is 7. The van der Waals surface area contributed by atoms with Crippen molar-refractivity contribution in [1.29, 1.82) is 0 Å². The number of aromatic nitrogens is 5. The van der Waals surface area contributed by atoms with Crippen LogP contribution >= 0.6 is 11.6 Å². The number of fused-ring (bicyclic) bond motifs is 4.